The number of allylic oxidation sites excluding steroid dienone is 1. The number of hydrogen-bond acceptors (Lipinski definition) is 4. The number of rotatable bonds is 5. The lowest BCUT2D eigenvalue weighted by molar-refractivity contribution is 0.0600. The van der Waals surface area contributed by atoms with E-state index in [1.165, 1.54) is 7.11 Å². The zero-order valence-electron chi connectivity index (χ0n) is 12.0. The van der Waals surface area contributed by atoms with Crippen molar-refractivity contribution < 1.29 is 14.3 Å². The molecular formula is C17H16O3S. The SMILES string of the molecule is C=Cc1cc(Oc2ccsc2)cc(C(=O)OC)c1/C=C\C. The van der Waals surface area contributed by atoms with Gasteiger partial charge in [-0.2, -0.15) is 0 Å². The number of carbonyl (C=O) groups excluding carboxylic acids is 1. The van der Waals surface area contributed by atoms with Crippen LogP contribution in [0.2, 0.25) is 0 Å². The molecule has 2 rings (SSSR count). The Balaban J connectivity index is 2.53. The summed E-state index contributed by atoms with van der Waals surface area (Å²) in [4.78, 5) is 12.0. The molecule has 0 aliphatic carbocycles. The first kappa shape index (κ1) is 15.1. The van der Waals surface area contributed by atoms with Crippen LogP contribution < -0.4 is 4.74 Å². The van der Waals surface area contributed by atoms with Gasteiger partial charge in [-0.05, 0) is 41.6 Å². The van der Waals surface area contributed by atoms with E-state index < -0.39 is 5.97 Å². The van der Waals surface area contributed by atoms with Crippen LogP contribution in [-0.4, -0.2) is 13.1 Å². The first-order valence-corrected chi connectivity index (χ1v) is 7.35. The molecule has 0 saturated carbocycles. The largest absolute Gasteiger partial charge is 0.465 e. The third kappa shape index (κ3) is 3.41. The van der Waals surface area contributed by atoms with E-state index >= 15 is 0 Å². The smallest absolute Gasteiger partial charge is 0.338 e. The normalized spacial score (nSPS) is 10.6. The van der Waals surface area contributed by atoms with Crippen molar-refractivity contribution in [2.75, 3.05) is 7.11 Å². The molecule has 108 valence electrons. The average Bonchev–Trinajstić information content (AvgIpc) is 3.00. The molecule has 0 spiro atoms. The molecule has 0 atom stereocenters. The van der Waals surface area contributed by atoms with Crippen LogP contribution in [0.15, 0.2) is 41.6 Å². The van der Waals surface area contributed by atoms with Crippen molar-refractivity contribution in [1.29, 1.82) is 0 Å². The lowest BCUT2D eigenvalue weighted by Gasteiger charge is -2.12. The Morgan fingerprint density at radius 1 is 1.33 bits per heavy atom. The quantitative estimate of drug-likeness (QED) is 0.729. The maximum absolute atomic E-state index is 12.0. The second-order valence-electron chi connectivity index (χ2n) is 4.23. The fourth-order valence-corrected chi connectivity index (χ4v) is 2.51. The van der Waals surface area contributed by atoms with Crippen LogP contribution in [0.1, 0.15) is 28.4 Å². The summed E-state index contributed by atoms with van der Waals surface area (Å²) in [5.41, 5.74) is 2.05. The summed E-state index contributed by atoms with van der Waals surface area (Å²) in [5, 5.41) is 3.82. The Kier molecular flexibility index (Phi) is 4.95. The van der Waals surface area contributed by atoms with E-state index in [1.807, 2.05) is 42.0 Å². The van der Waals surface area contributed by atoms with E-state index in [-0.39, 0.29) is 0 Å². The van der Waals surface area contributed by atoms with Crippen molar-refractivity contribution in [2.45, 2.75) is 6.92 Å². The minimum atomic E-state index is -0.401. The molecule has 0 saturated heterocycles. The highest BCUT2D eigenvalue weighted by atomic mass is 32.1. The second-order valence-corrected chi connectivity index (χ2v) is 5.01. The molecule has 0 fully saturated rings. The van der Waals surface area contributed by atoms with Crippen LogP contribution in [0, 0.1) is 0 Å². The van der Waals surface area contributed by atoms with Gasteiger partial charge in [0, 0.05) is 5.38 Å². The molecule has 4 heteroatoms. The van der Waals surface area contributed by atoms with Gasteiger partial charge >= 0.3 is 5.97 Å². The molecule has 0 bridgehead atoms. The molecular weight excluding hydrogens is 284 g/mol. The van der Waals surface area contributed by atoms with E-state index in [4.69, 9.17) is 9.47 Å². The highest BCUT2D eigenvalue weighted by molar-refractivity contribution is 7.08. The number of methoxy groups -OCH3 is 1. The average molecular weight is 300 g/mol. The molecule has 1 aromatic carbocycles. The second kappa shape index (κ2) is 6.90. The summed E-state index contributed by atoms with van der Waals surface area (Å²) < 4.78 is 10.6. The molecule has 21 heavy (non-hydrogen) atoms. The monoisotopic (exact) mass is 300 g/mol. The number of ether oxygens (including phenoxy) is 2. The van der Waals surface area contributed by atoms with Gasteiger partial charge in [0.15, 0.2) is 0 Å². The summed E-state index contributed by atoms with van der Waals surface area (Å²) in [6, 6.07) is 5.41. The van der Waals surface area contributed by atoms with Gasteiger partial charge in [-0.3, -0.25) is 0 Å². The Morgan fingerprint density at radius 2 is 2.14 bits per heavy atom. The van der Waals surface area contributed by atoms with E-state index in [1.54, 1.807) is 23.5 Å². The van der Waals surface area contributed by atoms with Crippen molar-refractivity contribution in [3.63, 3.8) is 0 Å². The minimum absolute atomic E-state index is 0.401. The number of benzene rings is 1. The third-order valence-corrected chi connectivity index (χ3v) is 3.54. The van der Waals surface area contributed by atoms with Crippen molar-refractivity contribution in [1.82, 2.24) is 0 Å². The van der Waals surface area contributed by atoms with Crippen LogP contribution in [0.25, 0.3) is 12.2 Å². The van der Waals surface area contributed by atoms with Gasteiger partial charge in [0.25, 0.3) is 0 Å². The standard InChI is InChI=1S/C17H16O3S/c1-4-6-15-12(5-2)9-14(10-16(15)17(18)19-3)20-13-7-8-21-11-13/h4-11H,2H2,1,3H3/b6-4-. The van der Waals surface area contributed by atoms with Gasteiger partial charge < -0.3 is 9.47 Å². The zero-order valence-corrected chi connectivity index (χ0v) is 12.8. The van der Waals surface area contributed by atoms with Crippen molar-refractivity contribution in [2.24, 2.45) is 0 Å². The lowest BCUT2D eigenvalue weighted by Crippen LogP contribution is -2.05. The first-order chi connectivity index (χ1) is 10.2. The predicted octanol–water partition coefficient (Wildman–Crippen LogP) is 5.00. The highest BCUT2D eigenvalue weighted by Gasteiger charge is 2.15. The van der Waals surface area contributed by atoms with E-state index in [9.17, 15) is 4.79 Å². The molecule has 1 heterocycles. The topological polar surface area (TPSA) is 35.5 Å². The Bertz CT molecular complexity index is 670. The van der Waals surface area contributed by atoms with Gasteiger partial charge in [0.2, 0.25) is 0 Å². The van der Waals surface area contributed by atoms with Crippen LogP contribution in [0.3, 0.4) is 0 Å². The number of hydrogen-bond donors (Lipinski definition) is 0. The number of esters is 1. The Labute approximate surface area is 128 Å². The first-order valence-electron chi connectivity index (χ1n) is 6.41. The molecule has 0 N–H and O–H groups in total. The van der Waals surface area contributed by atoms with Gasteiger partial charge in [-0.1, -0.05) is 24.8 Å². The van der Waals surface area contributed by atoms with Crippen LogP contribution in [-0.2, 0) is 4.74 Å². The summed E-state index contributed by atoms with van der Waals surface area (Å²) >= 11 is 1.55. The van der Waals surface area contributed by atoms with Crippen LogP contribution >= 0.6 is 11.3 Å². The van der Waals surface area contributed by atoms with Gasteiger partial charge in [-0.25, -0.2) is 4.79 Å². The maximum Gasteiger partial charge on any atom is 0.338 e. The molecule has 0 amide bonds. The van der Waals surface area contributed by atoms with Crippen molar-refractivity contribution in [3.8, 4) is 11.5 Å². The lowest BCUT2D eigenvalue weighted by atomic mass is 9.99. The summed E-state index contributed by atoms with van der Waals surface area (Å²) in [6.45, 7) is 5.69. The maximum atomic E-state index is 12.0. The fourth-order valence-electron chi connectivity index (χ4n) is 1.95. The summed E-state index contributed by atoms with van der Waals surface area (Å²) in [6.07, 6.45) is 5.42. The molecule has 1 aromatic heterocycles. The molecule has 0 unspecified atom stereocenters. The third-order valence-electron chi connectivity index (χ3n) is 2.87. The highest BCUT2D eigenvalue weighted by Crippen LogP contribution is 2.30. The molecule has 0 radical (unpaired) electrons. The Hall–Kier alpha value is -2.33. The predicted molar refractivity (Wildman–Crippen MR) is 87.0 cm³/mol. The van der Waals surface area contributed by atoms with E-state index in [0.717, 1.165) is 16.9 Å². The fraction of sp³-hybridized carbons (Fsp3) is 0.118. The molecule has 0 aliphatic rings. The molecule has 3 nitrogen and oxygen atoms in total. The van der Waals surface area contributed by atoms with Crippen LogP contribution in [0.4, 0.5) is 0 Å². The molecule has 0 aliphatic heterocycles. The number of carbonyl (C=O) groups is 1. The van der Waals surface area contributed by atoms with E-state index in [0.29, 0.717) is 11.3 Å². The zero-order chi connectivity index (χ0) is 15.2. The van der Waals surface area contributed by atoms with E-state index in [2.05, 4.69) is 6.58 Å². The van der Waals surface area contributed by atoms with Crippen LogP contribution in [0.5, 0.6) is 11.5 Å². The van der Waals surface area contributed by atoms with Gasteiger partial charge in [-0.15, -0.1) is 11.3 Å². The minimum Gasteiger partial charge on any atom is -0.465 e. The van der Waals surface area contributed by atoms with Crippen molar-refractivity contribution in [3.05, 3.63) is 58.3 Å². The number of thiophene rings is 1. The summed E-state index contributed by atoms with van der Waals surface area (Å²) in [5.74, 6) is 0.920. The van der Waals surface area contributed by atoms with Crippen molar-refractivity contribution >= 4 is 29.5 Å². The van der Waals surface area contributed by atoms with Gasteiger partial charge in [0.1, 0.15) is 11.5 Å². The van der Waals surface area contributed by atoms with Gasteiger partial charge in [0.05, 0.1) is 12.7 Å². The Morgan fingerprint density at radius 3 is 2.71 bits per heavy atom. The molecule has 2 aromatic rings. The summed E-state index contributed by atoms with van der Waals surface area (Å²) in [7, 11) is 1.36.